The summed E-state index contributed by atoms with van der Waals surface area (Å²) in [7, 11) is 0. The van der Waals surface area contributed by atoms with Gasteiger partial charge in [0.05, 0.1) is 5.56 Å². The number of nitriles is 1. The Kier molecular flexibility index (Phi) is 2.70. The van der Waals surface area contributed by atoms with Gasteiger partial charge in [-0.05, 0) is 29.3 Å². The Morgan fingerprint density at radius 3 is 3.00 bits per heavy atom. The third-order valence-electron chi connectivity index (χ3n) is 2.50. The Balaban J connectivity index is 2.06. The van der Waals surface area contributed by atoms with Crippen LogP contribution in [0.5, 0.6) is 0 Å². The first-order chi connectivity index (χ1) is 8.79. The summed E-state index contributed by atoms with van der Waals surface area (Å²) in [6, 6.07) is 3.86. The standard InChI is InChI=1S/C12H7N3OS2/c1-7-5-17-6-9(7)11-14-12(16-15-11)10-8(4-13)2-3-18-10/h2-3,5-6H,1H3. The Hall–Kier alpha value is -1.97. The highest BCUT2D eigenvalue weighted by Crippen LogP contribution is 2.31. The molecule has 0 fully saturated rings. The number of aryl methyl sites for hydroxylation is 1. The van der Waals surface area contributed by atoms with E-state index in [1.165, 1.54) is 11.3 Å². The Morgan fingerprint density at radius 1 is 1.39 bits per heavy atom. The lowest BCUT2D eigenvalue weighted by atomic mass is 10.2. The van der Waals surface area contributed by atoms with Gasteiger partial charge in [-0.15, -0.1) is 11.3 Å². The fourth-order valence-electron chi connectivity index (χ4n) is 1.58. The van der Waals surface area contributed by atoms with Crippen LogP contribution in [0.25, 0.3) is 22.2 Å². The van der Waals surface area contributed by atoms with Crippen LogP contribution in [0.15, 0.2) is 26.7 Å². The predicted molar refractivity (Wildman–Crippen MR) is 70.4 cm³/mol. The lowest BCUT2D eigenvalue weighted by molar-refractivity contribution is 0.433. The van der Waals surface area contributed by atoms with Gasteiger partial charge in [0.1, 0.15) is 10.9 Å². The van der Waals surface area contributed by atoms with Crippen LogP contribution in [-0.2, 0) is 0 Å². The zero-order valence-electron chi connectivity index (χ0n) is 9.38. The summed E-state index contributed by atoms with van der Waals surface area (Å²) in [5.41, 5.74) is 2.67. The topological polar surface area (TPSA) is 62.7 Å². The first kappa shape index (κ1) is 11.1. The van der Waals surface area contributed by atoms with Crippen LogP contribution >= 0.6 is 22.7 Å². The second-order valence-electron chi connectivity index (χ2n) is 3.67. The van der Waals surface area contributed by atoms with Crippen LogP contribution in [0, 0.1) is 18.3 Å². The third kappa shape index (κ3) is 1.74. The van der Waals surface area contributed by atoms with Crippen LogP contribution in [0.1, 0.15) is 11.1 Å². The number of thiophene rings is 2. The SMILES string of the molecule is Cc1cscc1-c1noc(-c2sccc2C#N)n1. The van der Waals surface area contributed by atoms with E-state index in [2.05, 4.69) is 16.2 Å². The number of aromatic nitrogens is 2. The first-order valence-corrected chi connectivity index (χ1v) is 6.96. The molecule has 3 aromatic rings. The molecule has 4 nitrogen and oxygen atoms in total. The van der Waals surface area contributed by atoms with Crippen LogP contribution in [0.2, 0.25) is 0 Å². The maximum atomic E-state index is 8.97. The van der Waals surface area contributed by atoms with Crippen LogP contribution in [0.3, 0.4) is 0 Å². The summed E-state index contributed by atoms with van der Waals surface area (Å²) in [5, 5.41) is 18.8. The highest BCUT2D eigenvalue weighted by molar-refractivity contribution is 7.13. The Bertz CT molecular complexity index is 732. The van der Waals surface area contributed by atoms with Crippen molar-refractivity contribution in [2.75, 3.05) is 0 Å². The van der Waals surface area contributed by atoms with Crippen molar-refractivity contribution in [3.63, 3.8) is 0 Å². The summed E-state index contributed by atoms with van der Waals surface area (Å²) in [6.07, 6.45) is 0. The molecule has 0 unspecified atom stereocenters. The zero-order chi connectivity index (χ0) is 12.5. The molecular weight excluding hydrogens is 266 g/mol. The lowest BCUT2D eigenvalue weighted by Gasteiger charge is -1.89. The predicted octanol–water partition coefficient (Wildman–Crippen LogP) is 3.71. The van der Waals surface area contributed by atoms with Gasteiger partial charge in [0.25, 0.3) is 5.89 Å². The molecule has 0 aliphatic heterocycles. The molecule has 0 amide bonds. The molecule has 6 heteroatoms. The molecule has 0 radical (unpaired) electrons. The number of hydrogen-bond acceptors (Lipinski definition) is 6. The molecule has 0 aromatic carbocycles. The lowest BCUT2D eigenvalue weighted by Crippen LogP contribution is -1.80. The monoisotopic (exact) mass is 273 g/mol. The van der Waals surface area contributed by atoms with E-state index in [-0.39, 0.29) is 0 Å². The second-order valence-corrected chi connectivity index (χ2v) is 5.33. The van der Waals surface area contributed by atoms with Crippen molar-refractivity contribution >= 4 is 22.7 Å². The van der Waals surface area contributed by atoms with Crippen molar-refractivity contribution < 1.29 is 4.52 Å². The highest BCUT2D eigenvalue weighted by atomic mass is 32.1. The van der Waals surface area contributed by atoms with Crippen molar-refractivity contribution in [3.05, 3.63) is 33.3 Å². The van der Waals surface area contributed by atoms with Gasteiger partial charge in [0, 0.05) is 10.9 Å². The van der Waals surface area contributed by atoms with E-state index in [9.17, 15) is 0 Å². The van der Waals surface area contributed by atoms with E-state index in [4.69, 9.17) is 9.78 Å². The minimum absolute atomic E-state index is 0.405. The minimum atomic E-state index is 0.405. The van der Waals surface area contributed by atoms with Crippen molar-refractivity contribution in [1.29, 1.82) is 5.26 Å². The molecule has 3 heterocycles. The van der Waals surface area contributed by atoms with E-state index < -0.39 is 0 Å². The molecule has 0 saturated carbocycles. The number of rotatable bonds is 2. The quantitative estimate of drug-likeness (QED) is 0.714. The molecular formula is C12H7N3OS2. The largest absolute Gasteiger partial charge is 0.333 e. The highest BCUT2D eigenvalue weighted by Gasteiger charge is 2.16. The maximum Gasteiger partial charge on any atom is 0.269 e. The molecule has 3 aromatic heterocycles. The van der Waals surface area contributed by atoms with Crippen molar-refractivity contribution in [2.24, 2.45) is 0 Å². The van der Waals surface area contributed by atoms with Crippen LogP contribution < -0.4 is 0 Å². The maximum absolute atomic E-state index is 8.97. The Labute approximate surface area is 111 Å². The van der Waals surface area contributed by atoms with Crippen LogP contribution in [-0.4, -0.2) is 10.1 Å². The smallest absolute Gasteiger partial charge is 0.269 e. The molecule has 0 aliphatic rings. The van der Waals surface area contributed by atoms with Crippen molar-refractivity contribution in [1.82, 2.24) is 10.1 Å². The van der Waals surface area contributed by atoms with E-state index in [1.54, 1.807) is 17.4 Å². The summed E-state index contributed by atoms with van der Waals surface area (Å²) in [4.78, 5) is 5.08. The van der Waals surface area contributed by atoms with Gasteiger partial charge in [0.15, 0.2) is 0 Å². The van der Waals surface area contributed by atoms with Crippen LogP contribution in [0.4, 0.5) is 0 Å². The van der Waals surface area contributed by atoms with E-state index in [0.717, 1.165) is 16.0 Å². The molecule has 0 atom stereocenters. The van der Waals surface area contributed by atoms with Gasteiger partial charge in [-0.25, -0.2) is 0 Å². The van der Waals surface area contributed by atoms with E-state index in [1.807, 2.05) is 23.1 Å². The van der Waals surface area contributed by atoms with Gasteiger partial charge in [-0.1, -0.05) is 5.16 Å². The molecule has 0 saturated heterocycles. The summed E-state index contributed by atoms with van der Waals surface area (Å²) in [5.74, 6) is 0.975. The minimum Gasteiger partial charge on any atom is -0.333 e. The number of hydrogen-bond donors (Lipinski definition) is 0. The molecule has 0 spiro atoms. The van der Waals surface area contributed by atoms with Gasteiger partial charge >= 0.3 is 0 Å². The Morgan fingerprint density at radius 2 is 2.28 bits per heavy atom. The first-order valence-electron chi connectivity index (χ1n) is 5.14. The normalized spacial score (nSPS) is 10.4. The fourth-order valence-corrected chi connectivity index (χ4v) is 3.17. The summed E-state index contributed by atoms with van der Waals surface area (Å²) < 4.78 is 5.23. The summed E-state index contributed by atoms with van der Waals surface area (Å²) in [6.45, 7) is 2.01. The van der Waals surface area contributed by atoms with Crippen molar-refractivity contribution in [2.45, 2.75) is 6.92 Å². The molecule has 0 aliphatic carbocycles. The third-order valence-corrected chi connectivity index (χ3v) is 4.27. The average Bonchev–Trinajstić information content (AvgIpc) is 3.06. The van der Waals surface area contributed by atoms with Gasteiger partial charge in [-0.2, -0.15) is 21.6 Å². The summed E-state index contributed by atoms with van der Waals surface area (Å²) >= 11 is 3.03. The zero-order valence-corrected chi connectivity index (χ0v) is 11.0. The molecule has 88 valence electrons. The molecule has 0 N–H and O–H groups in total. The number of nitrogens with zero attached hydrogens (tertiary/aromatic N) is 3. The second kappa shape index (κ2) is 4.37. The fraction of sp³-hybridized carbons (Fsp3) is 0.0833. The molecule has 3 rings (SSSR count). The van der Waals surface area contributed by atoms with E-state index in [0.29, 0.717) is 17.3 Å². The van der Waals surface area contributed by atoms with Gasteiger partial charge < -0.3 is 4.52 Å². The van der Waals surface area contributed by atoms with Gasteiger partial charge in [0.2, 0.25) is 5.82 Å². The molecule has 0 bridgehead atoms. The average molecular weight is 273 g/mol. The van der Waals surface area contributed by atoms with E-state index >= 15 is 0 Å². The van der Waals surface area contributed by atoms with Crippen molar-refractivity contribution in [3.8, 4) is 28.2 Å². The molecule has 18 heavy (non-hydrogen) atoms. The van der Waals surface area contributed by atoms with Gasteiger partial charge in [-0.3, -0.25) is 0 Å².